The molecule has 122 valence electrons. The number of azide groups is 1. The smallest absolute Gasteiger partial charge is 0.747 e. The summed E-state index contributed by atoms with van der Waals surface area (Å²) in [5.41, 5.74) is 8.05. The zero-order valence-electron chi connectivity index (χ0n) is 12.4. The molecule has 0 N–H and O–H groups in total. The number of unbranched alkanes of at least 4 members (excludes halogenated alkanes) is 2. The minimum atomic E-state index is -4.98. The fourth-order valence-electron chi connectivity index (χ4n) is 1.72. The van der Waals surface area contributed by atoms with E-state index in [0.29, 0.717) is 19.3 Å². The SMILES string of the molecule is [N-]=[N+]=NCCCCCC(=O)ON1C(=O)CC(S(=O)(=O)[O-])C1=O.[Na+]. The Kier molecular flexibility index (Phi) is 9.35. The molecule has 1 rings (SSSR count). The summed E-state index contributed by atoms with van der Waals surface area (Å²) >= 11 is 0. The Morgan fingerprint density at radius 2 is 2.04 bits per heavy atom. The molecule has 0 aliphatic carbocycles. The van der Waals surface area contributed by atoms with Gasteiger partial charge in [-0.1, -0.05) is 11.5 Å². The van der Waals surface area contributed by atoms with Crippen molar-refractivity contribution in [1.29, 1.82) is 0 Å². The van der Waals surface area contributed by atoms with Gasteiger partial charge >= 0.3 is 35.5 Å². The molecule has 0 aromatic heterocycles. The normalized spacial score (nSPS) is 17.4. The Hall–Kier alpha value is -1.17. The van der Waals surface area contributed by atoms with E-state index in [2.05, 4.69) is 14.9 Å². The number of nitrogens with zero attached hydrogens (tertiary/aromatic N) is 4. The summed E-state index contributed by atoms with van der Waals surface area (Å²) in [5, 5.41) is 1.29. The number of hydrogen-bond donors (Lipinski definition) is 0. The number of amides is 2. The van der Waals surface area contributed by atoms with E-state index in [1.54, 1.807) is 0 Å². The summed E-state index contributed by atoms with van der Waals surface area (Å²) < 4.78 is 32.4. The van der Waals surface area contributed by atoms with Crippen molar-refractivity contribution in [3.63, 3.8) is 0 Å². The van der Waals surface area contributed by atoms with Crippen molar-refractivity contribution < 1.29 is 61.7 Å². The molecule has 1 heterocycles. The van der Waals surface area contributed by atoms with Gasteiger partial charge in [0, 0.05) is 17.9 Å². The zero-order chi connectivity index (χ0) is 16.8. The van der Waals surface area contributed by atoms with Crippen molar-refractivity contribution in [2.75, 3.05) is 6.54 Å². The summed E-state index contributed by atoms with van der Waals surface area (Å²) in [7, 11) is -4.98. The van der Waals surface area contributed by atoms with E-state index in [9.17, 15) is 27.4 Å². The molecule has 1 atom stereocenters. The first-order valence-corrected chi connectivity index (χ1v) is 7.77. The number of carbonyl (C=O) groups excluding carboxylic acids is 3. The second kappa shape index (κ2) is 9.85. The third-order valence-corrected chi connectivity index (χ3v) is 3.87. The van der Waals surface area contributed by atoms with E-state index in [-0.39, 0.29) is 47.6 Å². The molecule has 23 heavy (non-hydrogen) atoms. The molecule has 0 radical (unpaired) electrons. The molecule has 0 bridgehead atoms. The Morgan fingerprint density at radius 1 is 1.39 bits per heavy atom. The average Bonchev–Trinajstić information content (AvgIpc) is 2.70. The van der Waals surface area contributed by atoms with E-state index >= 15 is 0 Å². The van der Waals surface area contributed by atoms with E-state index in [1.165, 1.54) is 0 Å². The topological polar surface area (TPSA) is 170 Å². The van der Waals surface area contributed by atoms with Crippen LogP contribution in [-0.4, -0.2) is 47.6 Å². The number of rotatable bonds is 8. The summed E-state index contributed by atoms with van der Waals surface area (Å²) in [6.45, 7) is 0.289. The molecular weight excluding hydrogens is 343 g/mol. The van der Waals surface area contributed by atoms with Gasteiger partial charge in [0.05, 0.1) is 6.42 Å². The monoisotopic (exact) mass is 356 g/mol. The molecule has 11 nitrogen and oxygen atoms in total. The number of imide groups is 1. The molecule has 0 saturated carbocycles. The summed E-state index contributed by atoms with van der Waals surface area (Å²) in [6, 6.07) is 0. The van der Waals surface area contributed by atoms with Crippen molar-refractivity contribution in [3.8, 4) is 0 Å². The van der Waals surface area contributed by atoms with Crippen LogP contribution in [0.5, 0.6) is 0 Å². The second-order valence-electron chi connectivity index (χ2n) is 4.44. The number of carbonyl (C=O) groups is 3. The third kappa shape index (κ3) is 6.85. The second-order valence-corrected chi connectivity index (χ2v) is 5.99. The van der Waals surface area contributed by atoms with Crippen molar-refractivity contribution in [1.82, 2.24) is 5.06 Å². The minimum absolute atomic E-state index is 0. The standard InChI is InChI=1S/C10H14N4O7S.Na/c11-13-12-5-3-1-2-4-9(16)21-14-8(15)6-7(10(14)17)22(18,19)20;/h7H,1-6H2,(H,18,19,20);/q;+1/p-1. The molecule has 1 saturated heterocycles. The quantitative estimate of drug-likeness (QED) is 0.0848. The Morgan fingerprint density at radius 3 is 2.57 bits per heavy atom. The summed E-state index contributed by atoms with van der Waals surface area (Å²) in [5.74, 6) is -3.29. The molecule has 0 spiro atoms. The van der Waals surface area contributed by atoms with Crippen molar-refractivity contribution in [2.24, 2.45) is 5.11 Å². The van der Waals surface area contributed by atoms with Gasteiger partial charge in [0.25, 0.3) is 11.8 Å². The summed E-state index contributed by atoms with van der Waals surface area (Å²) in [6.07, 6.45) is 0.564. The maximum Gasteiger partial charge on any atom is 1.00 e. The molecule has 1 unspecified atom stereocenters. The van der Waals surface area contributed by atoms with Gasteiger partial charge < -0.3 is 9.39 Å². The van der Waals surface area contributed by atoms with Gasteiger partial charge in [0.1, 0.15) is 15.4 Å². The van der Waals surface area contributed by atoms with E-state index < -0.39 is 39.6 Å². The van der Waals surface area contributed by atoms with Gasteiger partial charge in [-0.3, -0.25) is 9.59 Å². The molecule has 1 aliphatic rings. The molecule has 0 aromatic carbocycles. The molecule has 1 fully saturated rings. The largest absolute Gasteiger partial charge is 1.00 e. The van der Waals surface area contributed by atoms with E-state index in [1.807, 2.05) is 0 Å². The number of hydroxylamine groups is 2. The van der Waals surface area contributed by atoms with Crippen molar-refractivity contribution in [2.45, 2.75) is 37.4 Å². The van der Waals surface area contributed by atoms with Crippen LogP contribution in [0, 0.1) is 0 Å². The predicted octanol–water partition coefficient (Wildman–Crippen LogP) is -3.01. The van der Waals surface area contributed by atoms with Gasteiger partial charge in [-0.15, -0.1) is 5.06 Å². The van der Waals surface area contributed by atoms with Gasteiger partial charge in [0.15, 0.2) is 0 Å². The average molecular weight is 356 g/mol. The molecule has 2 amide bonds. The maximum atomic E-state index is 11.5. The predicted molar refractivity (Wildman–Crippen MR) is 68.5 cm³/mol. The van der Waals surface area contributed by atoms with E-state index in [0.717, 1.165) is 0 Å². The molecule has 0 aromatic rings. The van der Waals surface area contributed by atoms with Crippen LogP contribution >= 0.6 is 0 Å². The Labute approximate surface area is 154 Å². The van der Waals surface area contributed by atoms with Gasteiger partial charge in [0.2, 0.25) is 0 Å². The maximum absolute atomic E-state index is 11.5. The molecule has 1 aliphatic heterocycles. The third-order valence-electron chi connectivity index (χ3n) is 2.81. The van der Waals surface area contributed by atoms with Crippen LogP contribution in [0.4, 0.5) is 0 Å². The molecule has 13 heteroatoms. The fraction of sp³-hybridized carbons (Fsp3) is 0.700. The zero-order valence-corrected chi connectivity index (χ0v) is 15.2. The number of hydrogen-bond acceptors (Lipinski definition) is 8. The van der Waals surface area contributed by atoms with Crippen molar-refractivity contribution >= 4 is 27.9 Å². The first kappa shape index (κ1) is 21.8. The van der Waals surface area contributed by atoms with Crippen LogP contribution in [0.25, 0.3) is 10.4 Å². The molecular formula is C10H13N4NaO7S. The Balaban J connectivity index is 0.00000484. The minimum Gasteiger partial charge on any atom is -0.747 e. The van der Waals surface area contributed by atoms with Crippen LogP contribution in [-0.2, 0) is 29.3 Å². The van der Waals surface area contributed by atoms with E-state index in [4.69, 9.17) is 5.53 Å². The Bertz CT molecular complexity index is 617. The van der Waals surface area contributed by atoms with Gasteiger partial charge in [-0.2, -0.15) is 0 Å². The van der Waals surface area contributed by atoms with Crippen LogP contribution in [0.3, 0.4) is 0 Å². The van der Waals surface area contributed by atoms with Crippen molar-refractivity contribution in [3.05, 3.63) is 10.4 Å². The fourth-order valence-corrected chi connectivity index (χ4v) is 2.41. The summed E-state index contributed by atoms with van der Waals surface area (Å²) in [4.78, 5) is 41.5. The van der Waals surface area contributed by atoms with Crippen LogP contribution in [0.1, 0.15) is 32.1 Å². The van der Waals surface area contributed by atoms with Crippen LogP contribution in [0.2, 0.25) is 0 Å². The first-order chi connectivity index (χ1) is 10.3. The van der Waals surface area contributed by atoms with Crippen LogP contribution in [0.15, 0.2) is 5.11 Å². The first-order valence-electron chi connectivity index (χ1n) is 6.30. The van der Waals surface area contributed by atoms with Gasteiger partial charge in [-0.25, -0.2) is 13.2 Å². The van der Waals surface area contributed by atoms with Crippen LogP contribution < -0.4 is 29.6 Å². The van der Waals surface area contributed by atoms with Gasteiger partial charge in [-0.05, 0) is 18.4 Å².